The average Bonchev–Trinajstić information content (AvgIpc) is 3.16. The second kappa shape index (κ2) is 7.27. The van der Waals surface area contributed by atoms with Crippen LogP contribution in [0.15, 0.2) is 30.6 Å². The third-order valence-corrected chi connectivity index (χ3v) is 4.89. The third kappa shape index (κ3) is 3.34. The summed E-state index contributed by atoms with van der Waals surface area (Å²) in [5.41, 5.74) is 0.839. The van der Waals surface area contributed by atoms with Crippen LogP contribution in [0.3, 0.4) is 0 Å². The molecule has 2 aromatic rings. The van der Waals surface area contributed by atoms with Crippen molar-refractivity contribution in [2.24, 2.45) is 13.0 Å². The molecule has 0 bridgehead atoms. The molecule has 0 spiro atoms. The first kappa shape index (κ1) is 18.1. The normalized spacial score (nSPS) is 19.8. The van der Waals surface area contributed by atoms with Crippen molar-refractivity contribution >= 4 is 11.8 Å². The van der Waals surface area contributed by atoms with Gasteiger partial charge in [0.25, 0.3) is 5.91 Å². The topological polar surface area (TPSA) is 67.2 Å². The number of nitrogens with zero attached hydrogens (tertiary/aromatic N) is 3. The second-order valence-corrected chi connectivity index (χ2v) is 6.68. The molecule has 2 amide bonds. The molecular formula is C19H23FN4O2. The summed E-state index contributed by atoms with van der Waals surface area (Å²) in [6.45, 7) is 4.60. The maximum absolute atomic E-state index is 13.9. The number of hydrogen-bond donors (Lipinski definition) is 1. The van der Waals surface area contributed by atoms with Gasteiger partial charge in [-0.25, -0.2) is 9.37 Å². The number of halogens is 1. The molecule has 1 aromatic heterocycles. The summed E-state index contributed by atoms with van der Waals surface area (Å²) in [6.07, 6.45) is 3.87. The number of nitrogens with one attached hydrogen (secondary N) is 1. The van der Waals surface area contributed by atoms with Crippen molar-refractivity contribution in [1.29, 1.82) is 0 Å². The quantitative estimate of drug-likeness (QED) is 0.891. The fourth-order valence-electron chi connectivity index (χ4n) is 3.56. The third-order valence-electron chi connectivity index (χ3n) is 4.89. The Morgan fingerprint density at radius 1 is 1.42 bits per heavy atom. The maximum Gasteiger partial charge on any atom is 0.254 e. The van der Waals surface area contributed by atoms with E-state index in [1.54, 1.807) is 17.2 Å². The minimum absolute atomic E-state index is 0.0233. The van der Waals surface area contributed by atoms with Crippen LogP contribution in [0.2, 0.25) is 0 Å². The molecule has 0 aliphatic carbocycles. The molecule has 0 unspecified atom stereocenters. The summed E-state index contributed by atoms with van der Waals surface area (Å²) >= 11 is 0. The molecule has 1 aliphatic heterocycles. The monoisotopic (exact) mass is 358 g/mol. The summed E-state index contributed by atoms with van der Waals surface area (Å²) in [7, 11) is 1.89. The smallest absolute Gasteiger partial charge is 0.254 e. The van der Waals surface area contributed by atoms with Crippen LogP contribution >= 0.6 is 0 Å². The molecule has 26 heavy (non-hydrogen) atoms. The minimum Gasteiger partial charge on any atom is -0.352 e. The Bertz CT molecular complexity index is 833. The molecule has 3 rings (SSSR count). The zero-order valence-corrected chi connectivity index (χ0v) is 15.2. The highest BCUT2D eigenvalue weighted by Crippen LogP contribution is 2.36. The fourth-order valence-corrected chi connectivity index (χ4v) is 3.56. The van der Waals surface area contributed by atoms with Gasteiger partial charge in [0, 0.05) is 44.9 Å². The molecule has 0 radical (unpaired) electrons. The molecule has 1 aromatic carbocycles. The molecule has 6 nitrogen and oxygen atoms in total. The lowest BCUT2D eigenvalue weighted by Gasteiger charge is -2.27. The summed E-state index contributed by atoms with van der Waals surface area (Å²) in [4.78, 5) is 30.9. The van der Waals surface area contributed by atoms with Crippen LogP contribution in [0.5, 0.6) is 0 Å². The van der Waals surface area contributed by atoms with Crippen LogP contribution in [0.25, 0.3) is 0 Å². The molecule has 2 atom stereocenters. The van der Waals surface area contributed by atoms with E-state index in [1.807, 2.05) is 31.7 Å². The Labute approximate surface area is 152 Å². The highest BCUT2D eigenvalue weighted by atomic mass is 19.1. The number of benzene rings is 1. The SMILES string of the molecule is CCN1C(=O)C[C@@H](CNC(=O)c2cc(C)ccc2F)[C@@H]1c1nccn1C. The Balaban J connectivity index is 1.77. The van der Waals surface area contributed by atoms with Gasteiger partial charge in [-0.05, 0) is 26.0 Å². The van der Waals surface area contributed by atoms with E-state index < -0.39 is 11.7 Å². The number of carbonyl (C=O) groups excluding carboxylic acids is 2. The first-order valence-corrected chi connectivity index (χ1v) is 8.73. The molecule has 1 aliphatic rings. The Kier molecular flexibility index (Phi) is 5.06. The predicted molar refractivity (Wildman–Crippen MR) is 94.9 cm³/mol. The van der Waals surface area contributed by atoms with Crippen molar-refractivity contribution < 1.29 is 14.0 Å². The van der Waals surface area contributed by atoms with Crippen LogP contribution in [-0.4, -0.2) is 39.4 Å². The number of hydrogen-bond acceptors (Lipinski definition) is 3. The fraction of sp³-hybridized carbons (Fsp3) is 0.421. The maximum atomic E-state index is 13.9. The molecule has 7 heteroatoms. The van der Waals surface area contributed by atoms with Crippen molar-refractivity contribution in [3.05, 3.63) is 53.4 Å². The van der Waals surface area contributed by atoms with Gasteiger partial charge in [0.2, 0.25) is 5.91 Å². The van der Waals surface area contributed by atoms with E-state index >= 15 is 0 Å². The molecule has 1 saturated heterocycles. The van der Waals surface area contributed by atoms with E-state index in [9.17, 15) is 14.0 Å². The van der Waals surface area contributed by atoms with Crippen LogP contribution in [0.4, 0.5) is 4.39 Å². The number of carbonyl (C=O) groups is 2. The second-order valence-electron chi connectivity index (χ2n) is 6.68. The van der Waals surface area contributed by atoms with E-state index in [1.165, 1.54) is 12.1 Å². The highest BCUT2D eigenvalue weighted by molar-refractivity contribution is 5.94. The largest absolute Gasteiger partial charge is 0.352 e. The minimum atomic E-state index is -0.550. The first-order chi connectivity index (χ1) is 12.4. The van der Waals surface area contributed by atoms with Crippen molar-refractivity contribution in [2.45, 2.75) is 26.3 Å². The summed E-state index contributed by atoms with van der Waals surface area (Å²) in [6, 6.07) is 4.24. The van der Waals surface area contributed by atoms with Gasteiger partial charge in [-0.1, -0.05) is 11.6 Å². The van der Waals surface area contributed by atoms with Gasteiger partial charge in [-0.3, -0.25) is 9.59 Å². The van der Waals surface area contributed by atoms with Crippen LogP contribution in [0, 0.1) is 18.7 Å². The number of imidazole rings is 1. The molecule has 1 fully saturated rings. The molecule has 0 saturated carbocycles. The highest BCUT2D eigenvalue weighted by Gasteiger charge is 2.41. The Hall–Kier alpha value is -2.70. The zero-order valence-electron chi connectivity index (χ0n) is 15.2. The number of aryl methyl sites for hydroxylation is 2. The molecule has 2 heterocycles. The first-order valence-electron chi connectivity index (χ1n) is 8.73. The lowest BCUT2D eigenvalue weighted by atomic mass is 9.99. The van der Waals surface area contributed by atoms with E-state index in [2.05, 4.69) is 10.3 Å². The van der Waals surface area contributed by atoms with Crippen molar-refractivity contribution in [1.82, 2.24) is 19.8 Å². The summed E-state index contributed by atoms with van der Waals surface area (Å²) in [5, 5.41) is 2.79. The standard InChI is InChI=1S/C19H23FN4O2/c1-4-24-16(25)10-13(17(24)18-21-7-8-23(18)3)11-22-19(26)14-9-12(2)5-6-15(14)20/h5-9,13,17H,4,10-11H2,1-3H3,(H,22,26)/t13-,17+/m0/s1. The van der Waals surface area contributed by atoms with E-state index in [0.29, 0.717) is 13.0 Å². The van der Waals surface area contributed by atoms with Gasteiger partial charge in [0.15, 0.2) is 0 Å². The van der Waals surface area contributed by atoms with Gasteiger partial charge in [0.05, 0.1) is 11.6 Å². The summed E-state index contributed by atoms with van der Waals surface area (Å²) in [5.74, 6) is -0.292. The van der Waals surface area contributed by atoms with E-state index in [4.69, 9.17) is 0 Å². The van der Waals surface area contributed by atoms with Gasteiger partial charge in [0.1, 0.15) is 11.6 Å². The summed E-state index contributed by atoms with van der Waals surface area (Å²) < 4.78 is 15.8. The van der Waals surface area contributed by atoms with Crippen molar-refractivity contribution in [3.8, 4) is 0 Å². The van der Waals surface area contributed by atoms with Crippen molar-refractivity contribution in [2.75, 3.05) is 13.1 Å². The average molecular weight is 358 g/mol. The lowest BCUT2D eigenvalue weighted by Crippen LogP contribution is -2.35. The Morgan fingerprint density at radius 3 is 2.85 bits per heavy atom. The Morgan fingerprint density at radius 2 is 2.19 bits per heavy atom. The van der Waals surface area contributed by atoms with Gasteiger partial charge in [-0.15, -0.1) is 0 Å². The molecule has 1 N–H and O–H groups in total. The number of likely N-dealkylation sites (tertiary alicyclic amines) is 1. The predicted octanol–water partition coefficient (Wildman–Crippen LogP) is 2.21. The van der Waals surface area contributed by atoms with E-state index in [-0.39, 0.29) is 30.0 Å². The van der Waals surface area contributed by atoms with Crippen LogP contribution < -0.4 is 5.32 Å². The van der Waals surface area contributed by atoms with Gasteiger partial charge >= 0.3 is 0 Å². The molecule has 138 valence electrons. The number of amides is 2. The zero-order chi connectivity index (χ0) is 18.8. The van der Waals surface area contributed by atoms with Gasteiger partial charge < -0.3 is 14.8 Å². The van der Waals surface area contributed by atoms with E-state index in [0.717, 1.165) is 11.4 Å². The van der Waals surface area contributed by atoms with Crippen LogP contribution in [0.1, 0.15) is 41.1 Å². The number of aromatic nitrogens is 2. The molecular weight excluding hydrogens is 335 g/mol. The van der Waals surface area contributed by atoms with Crippen LogP contribution in [-0.2, 0) is 11.8 Å². The number of rotatable bonds is 5. The lowest BCUT2D eigenvalue weighted by molar-refractivity contribution is -0.128. The van der Waals surface area contributed by atoms with Crippen molar-refractivity contribution in [3.63, 3.8) is 0 Å². The van der Waals surface area contributed by atoms with Gasteiger partial charge in [-0.2, -0.15) is 0 Å².